The maximum atomic E-state index is 14.9. The number of nitrogens with one attached hydrogen (secondary N) is 1. The van der Waals surface area contributed by atoms with Crippen molar-refractivity contribution in [2.75, 3.05) is 50.6 Å². The Morgan fingerprint density at radius 2 is 1.93 bits per heavy atom. The van der Waals surface area contributed by atoms with Crippen molar-refractivity contribution in [3.8, 4) is 34.2 Å². The molecule has 0 unspecified atom stereocenters. The highest BCUT2D eigenvalue weighted by Gasteiger charge is 2.25. The van der Waals surface area contributed by atoms with Gasteiger partial charge in [-0.2, -0.15) is 15.3 Å². The molecule has 222 valence electrons. The number of anilines is 3. The van der Waals surface area contributed by atoms with Crippen LogP contribution >= 0.6 is 0 Å². The first-order valence-electron chi connectivity index (χ1n) is 14.5. The number of ether oxygens (including phenoxy) is 1. The number of nitrogens with zero attached hydrogens (tertiary/aromatic N) is 8. The Morgan fingerprint density at radius 3 is 2.70 bits per heavy atom. The van der Waals surface area contributed by atoms with E-state index in [9.17, 15) is 14.8 Å². The summed E-state index contributed by atoms with van der Waals surface area (Å²) in [6, 6.07) is 10.1. The number of β-amino-alcohol motifs (C(OH)–C–C–N with tert-alkyl or cyclic N) is 1. The van der Waals surface area contributed by atoms with E-state index in [0.717, 1.165) is 56.4 Å². The molecule has 2 aliphatic heterocycles. The van der Waals surface area contributed by atoms with Crippen molar-refractivity contribution in [1.29, 1.82) is 5.26 Å². The molecule has 2 aliphatic rings. The molecule has 0 aliphatic carbocycles. The summed E-state index contributed by atoms with van der Waals surface area (Å²) in [5, 5.41) is 28.0. The van der Waals surface area contributed by atoms with Crippen molar-refractivity contribution in [3.63, 3.8) is 0 Å². The van der Waals surface area contributed by atoms with Crippen LogP contribution in [0.2, 0.25) is 0 Å². The van der Waals surface area contributed by atoms with E-state index < -0.39 is 11.9 Å². The highest BCUT2D eigenvalue weighted by Crippen LogP contribution is 2.36. The van der Waals surface area contributed by atoms with Crippen LogP contribution in [-0.4, -0.2) is 81.2 Å². The fraction of sp³-hybridized carbons (Fsp3) is 0.387. The molecule has 6 rings (SSSR count). The maximum absolute atomic E-state index is 14.9. The average Bonchev–Trinajstić information content (AvgIpc) is 3.51. The van der Waals surface area contributed by atoms with Gasteiger partial charge >= 0.3 is 0 Å². The summed E-state index contributed by atoms with van der Waals surface area (Å²) >= 11 is 0. The molecule has 3 aromatic heterocycles. The van der Waals surface area contributed by atoms with E-state index in [2.05, 4.69) is 44.4 Å². The van der Waals surface area contributed by atoms with Crippen LogP contribution in [0.3, 0.4) is 0 Å². The highest BCUT2D eigenvalue weighted by molar-refractivity contribution is 5.77. The summed E-state index contributed by atoms with van der Waals surface area (Å²) in [6.07, 6.45) is 8.88. The Hall–Kier alpha value is -4.60. The summed E-state index contributed by atoms with van der Waals surface area (Å²) in [5.41, 5.74) is 2.19. The fourth-order valence-corrected chi connectivity index (χ4v) is 5.79. The van der Waals surface area contributed by atoms with Gasteiger partial charge in [-0.05, 0) is 70.1 Å². The number of aliphatic hydroxyl groups is 1. The Morgan fingerprint density at radius 1 is 1.09 bits per heavy atom. The second-order valence-corrected chi connectivity index (χ2v) is 11.1. The van der Waals surface area contributed by atoms with E-state index in [1.54, 1.807) is 24.4 Å². The van der Waals surface area contributed by atoms with Crippen LogP contribution in [0.5, 0.6) is 5.75 Å². The molecule has 0 spiro atoms. The van der Waals surface area contributed by atoms with Crippen molar-refractivity contribution in [2.24, 2.45) is 0 Å². The minimum atomic E-state index is -0.548. The van der Waals surface area contributed by atoms with E-state index in [1.165, 1.54) is 19.2 Å². The number of hydrogen-bond donors (Lipinski definition) is 2. The van der Waals surface area contributed by atoms with Gasteiger partial charge in [0.1, 0.15) is 29.3 Å². The van der Waals surface area contributed by atoms with Crippen LogP contribution in [0.15, 0.2) is 48.9 Å². The minimum Gasteiger partial charge on any atom is -0.496 e. The van der Waals surface area contributed by atoms with Crippen molar-refractivity contribution in [1.82, 2.24) is 29.6 Å². The summed E-state index contributed by atoms with van der Waals surface area (Å²) in [6.45, 7) is 3.28. The summed E-state index contributed by atoms with van der Waals surface area (Å²) in [5.74, 6) is 1.03. The minimum absolute atomic E-state index is 0.103. The lowest BCUT2D eigenvalue weighted by molar-refractivity contribution is 0.154. The van der Waals surface area contributed by atoms with Crippen LogP contribution in [-0.2, 0) is 0 Å². The number of piperidine rings is 2. The molecule has 5 heterocycles. The molecule has 1 aromatic carbocycles. The monoisotopic (exact) mass is 583 g/mol. The van der Waals surface area contributed by atoms with Crippen LogP contribution < -0.4 is 15.0 Å². The Labute approximate surface area is 249 Å². The van der Waals surface area contributed by atoms with Gasteiger partial charge < -0.3 is 25.0 Å². The Bertz CT molecular complexity index is 1640. The smallest absolute Gasteiger partial charge is 0.230 e. The SMILES string of the molecule is COc1cccc(F)c1-c1nc(Nc2ncc(-c3cnn(C4CCN(C)CC4)c3)c(N3CCC[C@H](O)C3)n2)ccc1C#N. The standard InChI is InChI=1S/C31H34FN9O2/c1-39-13-10-22(11-14-39)41-18-21(16-35-41)24-17-34-31(38-30(24)40-12-4-5-23(42)19-40)37-27-9-8-20(15-33)29(36-27)28-25(32)6-3-7-26(28)43-2/h3,6-9,16-18,22-23,42H,4-5,10-14,19H2,1-2H3,(H,34,36,37,38)/t23-/m0/s1. The van der Waals surface area contributed by atoms with Crippen LogP contribution in [0, 0.1) is 17.1 Å². The van der Waals surface area contributed by atoms with Gasteiger partial charge in [-0.3, -0.25) is 4.68 Å². The van der Waals surface area contributed by atoms with Gasteiger partial charge in [0, 0.05) is 36.6 Å². The van der Waals surface area contributed by atoms with E-state index in [0.29, 0.717) is 24.2 Å². The maximum Gasteiger partial charge on any atom is 0.230 e. The zero-order valence-corrected chi connectivity index (χ0v) is 24.2. The molecule has 43 heavy (non-hydrogen) atoms. The lowest BCUT2D eigenvalue weighted by atomic mass is 10.0. The number of pyridine rings is 1. The van der Waals surface area contributed by atoms with Gasteiger partial charge in [0.05, 0.1) is 42.3 Å². The molecule has 0 amide bonds. The first-order valence-corrected chi connectivity index (χ1v) is 14.5. The second kappa shape index (κ2) is 12.3. The van der Waals surface area contributed by atoms with Crippen molar-refractivity contribution in [3.05, 3.63) is 60.3 Å². The number of hydrogen-bond acceptors (Lipinski definition) is 10. The number of aliphatic hydroxyl groups excluding tert-OH is 1. The largest absolute Gasteiger partial charge is 0.496 e. The van der Waals surface area contributed by atoms with Crippen LogP contribution in [0.1, 0.15) is 37.3 Å². The first kappa shape index (κ1) is 28.5. The molecule has 0 radical (unpaired) electrons. The van der Waals surface area contributed by atoms with E-state index in [1.807, 2.05) is 10.9 Å². The zero-order chi connectivity index (χ0) is 29.9. The van der Waals surface area contributed by atoms with Crippen molar-refractivity contribution >= 4 is 17.6 Å². The fourth-order valence-electron chi connectivity index (χ4n) is 5.79. The normalized spacial score (nSPS) is 17.9. The van der Waals surface area contributed by atoms with Crippen molar-refractivity contribution < 1.29 is 14.2 Å². The first-order chi connectivity index (χ1) is 20.9. The van der Waals surface area contributed by atoms with Crippen LogP contribution in [0.25, 0.3) is 22.4 Å². The predicted molar refractivity (Wildman–Crippen MR) is 161 cm³/mol. The van der Waals surface area contributed by atoms with E-state index in [-0.39, 0.29) is 28.5 Å². The summed E-state index contributed by atoms with van der Waals surface area (Å²) < 4.78 is 22.3. The van der Waals surface area contributed by atoms with Gasteiger partial charge in [-0.15, -0.1) is 0 Å². The molecular formula is C31H34FN9O2. The molecule has 2 N–H and O–H groups in total. The van der Waals surface area contributed by atoms with Gasteiger partial charge in [0.15, 0.2) is 0 Å². The molecule has 4 aromatic rings. The van der Waals surface area contributed by atoms with E-state index in [4.69, 9.17) is 14.8 Å². The highest BCUT2D eigenvalue weighted by atomic mass is 19.1. The molecule has 2 fully saturated rings. The second-order valence-electron chi connectivity index (χ2n) is 11.1. The molecule has 0 bridgehead atoms. The molecular weight excluding hydrogens is 549 g/mol. The molecule has 0 saturated carbocycles. The van der Waals surface area contributed by atoms with Gasteiger partial charge in [0.2, 0.25) is 5.95 Å². The number of halogens is 1. The lowest BCUT2D eigenvalue weighted by Crippen LogP contribution is -2.39. The van der Waals surface area contributed by atoms with Crippen molar-refractivity contribution in [2.45, 2.75) is 37.8 Å². The third-order valence-electron chi connectivity index (χ3n) is 8.13. The third-order valence-corrected chi connectivity index (χ3v) is 8.13. The number of rotatable bonds is 7. The third kappa shape index (κ3) is 6.00. The Balaban J connectivity index is 1.34. The predicted octanol–water partition coefficient (Wildman–Crippen LogP) is 4.39. The summed E-state index contributed by atoms with van der Waals surface area (Å²) in [7, 11) is 3.58. The van der Waals surface area contributed by atoms with E-state index >= 15 is 0 Å². The van der Waals surface area contributed by atoms with Gasteiger partial charge in [-0.1, -0.05) is 6.07 Å². The number of aromatic nitrogens is 5. The molecule has 11 nitrogen and oxygen atoms in total. The molecule has 12 heteroatoms. The summed E-state index contributed by atoms with van der Waals surface area (Å²) in [4.78, 5) is 18.4. The molecule has 2 saturated heterocycles. The topological polar surface area (TPSA) is 128 Å². The number of benzene rings is 1. The number of likely N-dealkylation sites (tertiary alicyclic amines) is 1. The molecule has 1 atom stereocenters. The van der Waals surface area contributed by atoms with Gasteiger partial charge in [0.25, 0.3) is 0 Å². The quantitative estimate of drug-likeness (QED) is 0.323. The van der Waals surface area contributed by atoms with Gasteiger partial charge in [-0.25, -0.2) is 14.4 Å². The number of methoxy groups -OCH3 is 1. The Kier molecular flexibility index (Phi) is 8.18. The lowest BCUT2D eigenvalue weighted by Gasteiger charge is -2.32. The van der Waals surface area contributed by atoms with Crippen LogP contribution in [0.4, 0.5) is 22.0 Å². The zero-order valence-electron chi connectivity index (χ0n) is 24.2. The number of nitriles is 1. The average molecular weight is 584 g/mol.